The molecule has 1 amide bonds. The second kappa shape index (κ2) is 6.51. The topological polar surface area (TPSA) is 73.2 Å². The van der Waals surface area contributed by atoms with Crippen molar-refractivity contribution in [3.8, 4) is 0 Å². The number of hydrogen-bond donors (Lipinski definition) is 1. The van der Waals surface area contributed by atoms with E-state index in [0.717, 1.165) is 34.3 Å². The van der Waals surface area contributed by atoms with Gasteiger partial charge in [-0.15, -0.1) is 22.7 Å². The van der Waals surface area contributed by atoms with Crippen molar-refractivity contribution in [1.29, 1.82) is 0 Å². The average molecular weight is 390 g/mol. The summed E-state index contributed by atoms with van der Waals surface area (Å²) in [5.74, 6) is -0.156. The molecule has 0 unspecified atom stereocenters. The van der Waals surface area contributed by atoms with E-state index in [1.54, 1.807) is 11.6 Å². The number of ether oxygens (including phenoxy) is 1. The number of carbonyl (C=O) groups is 2. The number of anilines is 1. The molecule has 0 aliphatic heterocycles. The highest BCUT2D eigenvalue weighted by Gasteiger charge is 2.32. The lowest BCUT2D eigenvalue weighted by Crippen LogP contribution is -2.14. The first-order chi connectivity index (χ1) is 12.5. The van der Waals surface area contributed by atoms with Gasteiger partial charge in [-0.2, -0.15) is 5.10 Å². The smallest absolute Gasteiger partial charge is 0.341 e. The number of fused-ring (bicyclic) bond motifs is 1. The van der Waals surface area contributed by atoms with Gasteiger partial charge in [-0.3, -0.25) is 9.48 Å². The van der Waals surface area contributed by atoms with Crippen LogP contribution in [0, 0.1) is 6.92 Å². The second-order valence-corrected chi connectivity index (χ2v) is 8.29. The van der Waals surface area contributed by atoms with E-state index in [0.29, 0.717) is 28.0 Å². The summed E-state index contributed by atoms with van der Waals surface area (Å²) in [5.41, 5.74) is 2.42. The maximum atomic E-state index is 12.8. The summed E-state index contributed by atoms with van der Waals surface area (Å²) in [6, 6.07) is 1.86. The summed E-state index contributed by atoms with van der Waals surface area (Å²) < 4.78 is 6.99. The molecule has 1 saturated carbocycles. The summed E-state index contributed by atoms with van der Waals surface area (Å²) in [4.78, 5) is 26.7. The van der Waals surface area contributed by atoms with Gasteiger partial charge in [0, 0.05) is 12.4 Å². The Morgan fingerprint density at radius 3 is 2.85 bits per heavy atom. The molecular weight excluding hydrogens is 370 g/mol. The number of thiophene rings is 2. The fraction of sp³-hybridized carbons (Fsp3) is 0.389. The van der Waals surface area contributed by atoms with Crippen molar-refractivity contribution in [2.45, 2.75) is 32.6 Å². The predicted octanol–water partition coefficient (Wildman–Crippen LogP) is 4.31. The number of aryl methyl sites for hydroxylation is 2. The van der Waals surface area contributed by atoms with Gasteiger partial charge in [-0.1, -0.05) is 0 Å². The maximum absolute atomic E-state index is 12.8. The summed E-state index contributed by atoms with van der Waals surface area (Å²) in [6.07, 6.45) is 2.16. The SMILES string of the molecule is CCOC(=O)c1c(C2CC2)csc1NC(=O)c1cc2c(C)nn(C)c2s1. The third kappa shape index (κ3) is 2.93. The van der Waals surface area contributed by atoms with Crippen LogP contribution < -0.4 is 5.32 Å². The Bertz CT molecular complexity index is 976. The van der Waals surface area contributed by atoms with Gasteiger partial charge in [0.05, 0.1) is 22.7 Å². The largest absolute Gasteiger partial charge is 0.462 e. The van der Waals surface area contributed by atoms with E-state index < -0.39 is 0 Å². The highest BCUT2D eigenvalue weighted by molar-refractivity contribution is 7.20. The van der Waals surface area contributed by atoms with E-state index in [9.17, 15) is 9.59 Å². The van der Waals surface area contributed by atoms with Crippen LogP contribution in [-0.2, 0) is 11.8 Å². The molecule has 1 fully saturated rings. The van der Waals surface area contributed by atoms with Gasteiger partial charge in [0.15, 0.2) is 0 Å². The van der Waals surface area contributed by atoms with Gasteiger partial charge in [-0.05, 0) is 49.6 Å². The normalized spacial score (nSPS) is 14.0. The lowest BCUT2D eigenvalue weighted by molar-refractivity contribution is 0.0527. The number of nitrogens with one attached hydrogen (secondary N) is 1. The van der Waals surface area contributed by atoms with Crippen LogP contribution in [-0.4, -0.2) is 28.3 Å². The Morgan fingerprint density at radius 2 is 2.19 bits per heavy atom. The Balaban J connectivity index is 1.64. The maximum Gasteiger partial charge on any atom is 0.341 e. The number of carbonyl (C=O) groups excluding carboxylic acids is 2. The number of esters is 1. The lowest BCUT2D eigenvalue weighted by Gasteiger charge is -2.07. The molecule has 6 nitrogen and oxygen atoms in total. The summed E-state index contributed by atoms with van der Waals surface area (Å²) in [5, 5.41) is 10.8. The van der Waals surface area contributed by atoms with Gasteiger partial charge in [0.2, 0.25) is 0 Å². The average Bonchev–Trinajstić information content (AvgIpc) is 3.10. The van der Waals surface area contributed by atoms with Crippen LogP contribution in [0.25, 0.3) is 10.2 Å². The molecule has 1 N–H and O–H groups in total. The molecule has 0 atom stereocenters. The van der Waals surface area contributed by atoms with Crippen LogP contribution in [0.1, 0.15) is 57.0 Å². The monoisotopic (exact) mass is 389 g/mol. The van der Waals surface area contributed by atoms with Crippen molar-refractivity contribution in [1.82, 2.24) is 9.78 Å². The van der Waals surface area contributed by atoms with Crippen LogP contribution in [0.5, 0.6) is 0 Å². The number of aromatic nitrogens is 2. The van der Waals surface area contributed by atoms with Crippen molar-refractivity contribution in [3.63, 3.8) is 0 Å². The molecule has 0 spiro atoms. The van der Waals surface area contributed by atoms with Crippen LogP contribution in [0.4, 0.5) is 5.00 Å². The van der Waals surface area contributed by atoms with E-state index in [4.69, 9.17) is 4.74 Å². The molecule has 3 aromatic heterocycles. The molecule has 0 bridgehead atoms. The minimum atomic E-state index is -0.359. The molecule has 3 heterocycles. The van der Waals surface area contributed by atoms with E-state index in [-0.39, 0.29) is 11.9 Å². The molecule has 0 saturated heterocycles. The van der Waals surface area contributed by atoms with Gasteiger partial charge in [-0.25, -0.2) is 4.79 Å². The van der Waals surface area contributed by atoms with Crippen LogP contribution in [0.15, 0.2) is 11.4 Å². The molecule has 1 aliphatic rings. The third-order valence-electron chi connectivity index (χ3n) is 4.46. The predicted molar refractivity (Wildman–Crippen MR) is 104 cm³/mol. The number of rotatable bonds is 5. The second-order valence-electron chi connectivity index (χ2n) is 6.38. The zero-order valence-corrected chi connectivity index (χ0v) is 16.4. The number of amides is 1. The number of nitrogens with zero attached hydrogens (tertiary/aromatic N) is 2. The minimum absolute atomic E-state index is 0.208. The van der Waals surface area contributed by atoms with E-state index in [1.165, 1.54) is 22.7 Å². The van der Waals surface area contributed by atoms with Crippen molar-refractivity contribution in [2.75, 3.05) is 11.9 Å². The van der Waals surface area contributed by atoms with E-state index >= 15 is 0 Å². The zero-order valence-electron chi connectivity index (χ0n) is 14.8. The third-order valence-corrected chi connectivity index (χ3v) is 6.58. The fourth-order valence-corrected chi connectivity index (χ4v) is 5.10. The Morgan fingerprint density at radius 1 is 1.42 bits per heavy atom. The summed E-state index contributed by atoms with van der Waals surface area (Å²) >= 11 is 2.79. The van der Waals surface area contributed by atoms with Crippen molar-refractivity contribution >= 4 is 49.8 Å². The molecule has 1 aliphatic carbocycles. The molecule has 8 heteroatoms. The summed E-state index contributed by atoms with van der Waals surface area (Å²) in [7, 11) is 1.87. The lowest BCUT2D eigenvalue weighted by atomic mass is 10.1. The first-order valence-electron chi connectivity index (χ1n) is 8.52. The van der Waals surface area contributed by atoms with Crippen molar-refractivity contribution in [2.24, 2.45) is 7.05 Å². The van der Waals surface area contributed by atoms with Crippen LogP contribution in [0.2, 0.25) is 0 Å². The minimum Gasteiger partial charge on any atom is -0.462 e. The van der Waals surface area contributed by atoms with Crippen LogP contribution in [0.3, 0.4) is 0 Å². The number of hydrogen-bond acceptors (Lipinski definition) is 6. The van der Waals surface area contributed by atoms with E-state index in [1.807, 2.05) is 25.4 Å². The molecular formula is C18H19N3O3S2. The molecule has 136 valence electrons. The highest BCUT2D eigenvalue weighted by Crippen LogP contribution is 2.46. The van der Waals surface area contributed by atoms with Gasteiger partial charge in [0.25, 0.3) is 5.91 Å². The van der Waals surface area contributed by atoms with Crippen molar-refractivity contribution in [3.05, 3.63) is 33.1 Å². The van der Waals surface area contributed by atoms with Crippen LogP contribution >= 0.6 is 22.7 Å². The Kier molecular flexibility index (Phi) is 4.32. The summed E-state index contributed by atoms with van der Waals surface area (Å²) in [6.45, 7) is 4.03. The Hall–Kier alpha value is -2.19. The molecule has 0 radical (unpaired) electrons. The van der Waals surface area contributed by atoms with E-state index in [2.05, 4.69) is 10.4 Å². The first-order valence-corrected chi connectivity index (χ1v) is 10.2. The van der Waals surface area contributed by atoms with Gasteiger partial charge < -0.3 is 10.1 Å². The molecule has 3 aromatic rings. The highest BCUT2D eigenvalue weighted by atomic mass is 32.1. The standard InChI is InChI=1S/C18H19N3O3S2/c1-4-24-18(23)14-12(10-5-6-10)8-25-16(14)19-15(22)13-7-11-9(2)20-21(3)17(11)26-13/h7-8,10H,4-6H2,1-3H3,(H,19,22). The molecule has 26 heavy (non-hydrogen) atoms. The first kappa shape index (κ1) is 17.2. The molecule has 4 rings (SSSR count). The quantitative estimate of drug-likeness (QED) is 0.660. The van der Waals surface area contributed by atoms with Crippen molar-refractivity contribution < 1.29 is 14.3 Å². The van der Waals surface area contributed by atoms with Gasteiger partial charge in [0.1, 0.15) is 9.83 Å². The zero-order chi connectivity index (χ0) is 18.4. The fourth-order valence-electron chi connectivity index (χ4n) is 3.05. The Labute approximate surface area is 158 Å². The molecule has 0 aromatic carbocycles. The van der Waals surface area contributed by atoms with Gasteiger partial charge >= 0.3 is 5.97 Å².